The van der Waals surface area contributed by atoms with Gasteiger partial charge in [-0.25, -0.2) is 4.79 Å². The van der Waals surface area contributed by atoms with Gasteiger partial charge in [-0.3, -0.25) is 0 Å². The van der Waals surface area contributed by atoms with Crippen LogP contribution in [-0.2, 0) is 19.5 Å². The summed E-state index contributed by atoms with van der Waals surface area (Å²) in [6.07, 6.45) is 4.62. The molecule has 5 nitrogen and oxygen atoms in total. The number of rotatable bonds is 6. The zero-order valence-electron chi connectivity index (χ0n) is 17.7. The van der Waals surface area contributed by atoms with E-state index >= 15 is 0 Å². The second kappa shape index (κ2) is 9.18. The monoisotopic (exact) mass is 403 g/mol. The highest BCUT2D eigenvalue weighted by atomic mass is 16.3. The second-order valence-electron chi connectivity index (χ2n) is 8.16. The Morgan fingerprint density at radius 1 is 1.10 bits per heavy atom. The lowest BCUT2D eigenvalue weighted by atomic mass is 9.93. The zero-order chi connectivity index (χ0) is 20.9. The first-order chi connectivity index (χ1) is 14.6. The number of hydrogen-bond acceptors (Lipinski definition) is 3. The summed E-state index contributed by atoms with van der Waals surface area (Å²) in [5.74, 6) is 0.995. The summed E-state index contributed by atoms with van der Waals surface area (Å²) in [6, 6.07) is 18.7. The van der Waals surface area contributed by atoms with Gasteiger partial charge in [0.25, 0.3) is 0 Å². The highest BCUT2D eigenvalue weighted by molar-refractivity contribution is 5.75. The summed E-state index contributed by atoms with van der Waals surface area (Å²) in [4.78, 5) is 14.7. The summed E-state index contributed by atoms with van der Waals surface area (Å²) in [6.45, 7) is 1.40. The lowest BCUT2D eigenvalue weighted by Crippen LogP contribution is -2.38. The van der Waals surface area contributed by atoms with E-state index in [1.807, 2.05) is 18.2 Å². The molecular weight excluding hydrogens is 374 g/mol. The molecule has 0 spiro atoms. The molecule has 1 atom stereocenters. The summed E-state index contributed by atoms with van der Waals surface area (Å²) in [7, 11) is 4.14. The van der Waals surface area contributed by atoms with Crippen LogP contribution in [0.25, 0.3) is 11.1 Å². The van der Waals surface area contributed by atoms with Gasteiger partial charge < -0.3 is 20.0 Å². The molecule has 0 fully saturated rings. The smallest absolute Gasteiger partial charge is 0.315 e. The van der Waals surface area contributed by atoms with E-state index in [4.69, 9.17) is 4.42 Å². The van der Waals surface area contributed by atoms with Gasteiger partial charge in [0.05, 0.1) is 12.3 Å². The Hall–Kier alpha value is -3.05. The van der Waals surface area contributed by atoms with Gasteiger partial charge in [0.1, 0.15) is 5.76 Å². The average Bonchev–Trinajstić information content (AvgIpc) is 3.23. The van der Waals surface area contributed by atoms with Crippen molar-refractivity contribution in [3.05, 3.63) is 83.3 Å². The molecule has 0 radical (unpaired) electrons. The molecular formula is C25H29N3O2. The van der Waals surface area contributed by atoms with Crippen LogP contribution in [0.4, 0.5) is 4.79 Å². The van der Waals surface area contributed by atoms with Crippen molar-refractivity contribution < 1.29 is 9.21 Å². The topological polar surface area (TPSA) is 57.5 Å². The number of furan rings is 1. The third kappa shape index (κ3) is 4.74. The largest absolute Gasteiger partial charge is 0.469 e. The van der Waals surface area contributed by atoms with Crippen LogP contribution in [0.1, 0.15) is 41.3 Å². The Morgan fingerprint density at radius 2 is 1.90 bits per heavy atom. The molecule has 2 amide bonds. The first-order valence-corrected chi connectivity index (χ1v) is 10.5. The molecule has 2 N–H and O–H groups in total. The maximum atomic E-state index is 12.6. The number of nitrogens with zero attached hydrogens (tertiary/aromatic N) is 1. The molecule has 156 valence electrons. The van der Waals surface area contributed by atoms with E-state index in [9.17, 15) is 4.79 Å². The van der Waals surface area contributed by atoms with Gasteiger partial charge in [0.15, 0.2) is 0 Å². The number of aryl methyl sites for hydroxylation is 1. The van der Waals surface area contributed by atoms with Crippen LogP contribution in [0.2, 0.25) is 0 Å². The Morgan fingerprint density at radius 3 is 2.70 bits per heavy atom. The average molecular weight is 404 g/mol. The van der Waals surface area contributed by atoms with E-state index in [1.54, 1.807) is 6.26 Å². The Kier molecular flexibility index (Phi) is 6.19. The molecule has 1 aliphatic rings. The highest BCUT2D eigenvalue weighted by Gasteiger charge is 2.23. The predicted molar refractivity (Wildman–Crippen MR) is 119 cm³/mol. The molecule has 0 aliphatic heterocycles. The molecule has 3 aromatic rings. The third-order valence-electron chi connectivity index (χ3n) is 5.58. The Bertz CT molecular complexity index is 992. The molecule has 4 rings (SSSR count). The molecule has 30 heavy (non-hydrogen) atoms. The molecule has 2 aromatic carbocycles. The van der Waals surface area contributed by atoms with Crippen molar-refractivity contribution in [2.24, 2.45) is 0 Å². The Balaban J connectivity index is 1.40. The van der Waals surface area contributed by atoms with Crippen molar-refractivity contribution in [2.45, 2.75) is 38.4 Å². The first-order valence-electron chi connectivity index (χ1n) is 10.5. The van der Waals surface area contributed by atoms with Crippen molar-refractivity contribution in [3.63, 3.8) is 0 Å². The normalized spacial score (nSPS) is 15.6. The maximum Gasteiger partial charge on any atom is 0.315 e. The van der Waals surface area contributed by atoms with Crippen LogP contribution in [0.5, 0.6) is 0 Å². The quantitative estimate of drug-likeness (QED) is 0.616. The molecule has 1 aliphatic carbocycles. The van der Waals surface area contributed by atoms with Crippen molar-refractivity contribution in [1.82, 2.24) is 15.5 Å². The fraction of sp³-hybridized carbons (Fsp3) is 0.320. The molecule has 0 saturated heterocycles. The van der Waals surface area contributed by atoms with Gasteiger partial charge in [-0.15, -0.1) is 0 Å². The second-order valence-corrected chi connectivity index (χ2v) is 8.16. The van der Waals surface area contributed by atoms with Crippen molar-refractivity contribution in [3.8, 4) is 11.1 Å². The minimum absolute atomic E-state index is 0.0204. The van der Waals surface area contributed by atoms with Gasteiger partial charge >= 0.3 is 6.03 Å². The van der Waals surface area contributed by atoms with E-state index in [0.29, 0.717) is 6.54 Å². The van der Waals surface area contributed by atoms with Crippen molar-refractivity contribution >= 4 is 6.03 Å². The van der Waals surface area contributed by atoms with Crippen LogP contribution >= 0.6 is 0 Å². The van der Waals surface area contributed by atoms with Crippen LogP contribution in [-0.4, -0.2) is 25.0 Å². The minimum atomic E-state index is -0.148. The number of fused-ring (bicyclic) bond motifs is 1. The lowest BCUT2D eigenvalue weighted by molar-refractivity contribution is 0.235. The standard InChI is InChI=1S/C25H29N3O2/c1-28(2)17-18-10-12-19(13-11-18)21-7-4-3-6-20(21)16-26-25(29)27-23-8-5-9-24-22(23)14-15-30-24/h3-4,6-7,10-15,23H,5,8-9,16-17H2,1-2H3,(H2,26,27,29). The van der Waals surface area contributed by atoms with Crippen LogP contribution in [0.15, 0.2) is 65.3 Å². The molecule has 0 saturated carbocycles. The fourth-order valence-corrected chi connectivity index (χ4v) is 4.13. The summed E-state index contributed by atoms with van der Waals surface area (Å²) in [5.41, 5.74) is 5.79. The summed E-state index contributed by atoms with van der Waals surface area (Å²) >= 11 is 0. The van der Waals surface area contributed by atoms with Gasteiger partial charge in [-0.1, -0.05) is 48.5 Å². The van der Waals surface area contributed by atoms with E-state index in [0.717, 1.165) is 53.8 Å². The number of amides is 2. The molecule has 5 heteroatoms. The van der Waals surface area contributed by atoms with Crippen molar-refractivity contribution in [1.29, 1.82) is 0 Å². The van der Waals surface area contributed by atoms with E-state index in [2.05, 4.69) is 66.0 Å². The maximum absolute atomic E-state index is 12.6. The SMILES string of the molecule is CN(C)Cc1ccc(-c2ccccc2CNC(=O)NC2CCCc3occc32)cc1. The molecule has 1 aromatic heterocycles. The van der Waals surface area contributed by atoms with E-state index < -0.39 is 0 Å². The van der Waals surface area contributed by atoms with Gasteiger partial charge in [-0.05, 0) is 55.3 Å². The lowest BCUT2D eigenvalue weighted by Gasteiger charge is -2.23. The van der Waals surface area contributed by atoms with Gasteiger partial charge in [0.2, 0.25) is 0 Å². The van der Waals surface area contributed by atoms with E-state index in [-0.39, 0.29) is 12.1 Å². The molecule has 1 heterocycles. The van der Waals surface area contributed by atoms with Crippen LogP contribution in [0.3, 0.4) is 0 Å². The minimum Gasteiger partial charge on any atom is -0.469 e. The van der Waals surface area contributed by atoms with Gasteiger partial charge in [0, 0.05) is 25.1 Å². The highest BCUT2D eigenvalue weighted by Crippen LogP contribution is 2.30. The summed E-state index contributed by atoms with van der Waals surface area (Å²) in [5, 5.41) is 6.13. The summed E-state index contributed by atoms with van der Waals surface area (Å²) < 4.78 is 5.52. The van der Waals surface area contributed by atoms with Crippen LogP contribution in [0, 0.1) is 0 Å². The molecule has 1 unspecified atom stereocenters. The fourth-order valence-electron chi connectivity index (χ4n) is 4.13. The number of nitrogens with one attached hydrogen (secondary N) is 2. The number of urea groups is 1. The predicted octanol–water partition coefficient (Wildman–Crippen LogP) is 4.89. The number of carbonyl (C=O) groups is 1. The first kappa shape index (κ1) is 20.2. The van der Waals surface area contributed by atoms with Crippen LogP contribution < -0.4 is 10.6 Å². The molecule has 0 bridgehead atoms. The number of benzene rings is 2. The third-order valence-corrected chi connectivity index (χ3v) is 5.58. The van der Waals surface area contributed by atoms with E-state index in [1.165, 1.54) is 5.56 Å². The van der Waals surface area contributed by atoms with Gasteiger partial charge in [-0.2, -0.15) is 0 Å². The van der Waals surface area contributed by atoms with Crippen molar-refractivity contribution in [2.75, 3.05) is 14.1 Å². The Labute approximate surface area is 178 Å². The number of carbonyl (C=O) groups excluding carboxylic acids is 1. The number of hydrogen-bond donors (Lipinski definition) is 2. The zero-order valence-corrected chi connectivity index (χ0v) is 17.7.